The van der Waals surface area contributed by atoms with Crippen molar-refractivity contribution in [2.45, 2.75) is 31.5 Å². The third kappa shape index (κ3) is 5.63. The summed E-state index contributed by atoms with van der Waals surface area (Å²) < 4.78 is 21.4. The number of hydrogen-bond acceptors (Lipinski definition) is 4. The van der Waals surface area contributed by atoms with E-state index in [0.717, 1.165) is 38.7 Å². The van der Waals surface area contributed by atoms with Crippen LogP contribution in [0.2, 0.25) is 12.6 Å². The molecular formula is C10H22O4Si. The topological polar surface area (TPSA) is 40.2 Å². The first kappa shape index (κ1) is 13.1. The molecule has 1 fully saturated rings. The van der Waals surface area contributed by atoms with Crippen molar-refractivity contribution in [3.8, 4) is 0 Å². The van der Waals surface area contributed by atoms with E-state index in [1.54, 1.807) is 14.2 Å². The molecule has 0 aromatic heterocycles. The molecule has 1 heterocycles. The van der Waals surface area contributed by atoms with Crippen molar-refractivity contribution >= 4 is 8.56 Å². The van der Waals surface area contributed by atoms with Gasteiger partial charge in [-0.2, -0.15) is 0 Å². The molecule has 0 aliphatic carbocycles. The second-order valence-electron chi connectivity index (χ2n) is 4.00. The maximum Gasteiger partial charge on any atom is 0.336 e. The third-order valence-electron chi connectivity index (χ3n) is 2.78. The Bertz CT molecular complexity index is 169. The highest BCUT2D eigenvalue weighted by Gasteiger charge is 2.28. The maximum atomic E-state index is 5.53. The molecule has 0 aromatic carbocycles. The lowest BCUT2D eigenvalue weighted by atomic mass is 10.3. The van der Waals surface area contributed by atoms with Crippen LogP contribution in [0, 0.1) is 0 Å². The zero-order valence-corrected chi connectivity index (χ0v) is 11.0. The third-order valence-corrected chi connectivity index (χ3v) is 5.62. The Morgan fingerprint density at radius 3 is 2.47 bits per heavy atom. The molecule has 1 saturated heterocycles. The Morgan fingerprint density at radius 1 is 1.27 bits per heavy atom. The minimum atomic E-state index is -1.92. The van der Waals surface area contributed by atoms with E-state index in [1.807, 2.05) is 6.55 Å². The molecule has 5 heteroatoms. The average molecular weight is 234 g/mol. The van der Waals surface area contributed by atoms with E-state index in [-0.39, 0.29) is 0 Å². The number of rotatable bonds is 9. The molecule has 1 aliphatic heterocycles. The van der Waals surface area contributed by atoms with Gasteiger partial charge in [0.05, 0.1) is 12.7 Å². The van der Waals surface area contributed by atoms with Crippen LogP contribution in [0.25, 0.3) is 0 Å². The number of hydrogen-bond donors (Lipinski definition) is 0. The fourth-order valence-electron chi connectivity index (χ4n) is 1.29. The summed E-state index contributed by atoms with van der Waals surface area (Å²) >= 11 is 0. The lowest BCUT2D eigenvalue weighted by Gasteiger charge is -2.22. The molecule has 0 spiro atoms. The Kier molecular flexibility index (Phi) is 5.77. The summed E-state index contributed by atoms with van der Waals surface area (Å²) in [5, 5.41) is 0. The first-order valence-corrected chi connectivity index (χ1v) is 8.02. The van der Waals surface area contributed by atoms with Crippen molar-refractivity contribution in [2.75, 3.05) is 34.0 Å². The highest BCUT2D eigenvalue weighted by atomic mass is 28.4. The largest absolute Gasteiger partial charge is 0.398 e. The minimum Gasteiger partial charge on any atom is -0.398 e. The number of epoxide rings is 1. The van der Waals surface area contributed by atoms with E-state index in [4.69, 9.17) is 18.3 Å². The van der Waals surface area contributed by atoms with Gasteiger partial charge in [-0.1, -0.05) is 0 Å². The molecule has 0 aromatic rings. The lowest BCUT2D eigenvalue weighted by Crippen LogP contribution is -2.37. The number of ether oxygens (including phenoxy) is 2. The molecule has 0 saturated carbocycles. The SMILES string of the molecule is CO[Si](C)(CCOCCCC1CO1)OC. The summed E-state index contributed by atoms with van der Waals surface area (Å²) in [6, 6.07) is 0.889. The molecule has 0 radical (unpaired) electrons. The second-order valence-corrected chi connectivity index (χ2v) is 7.59. The van der Waals surface area contributed by atoms with Gasteiger partial charge in [0.1, 0.15) is 0 Å². The van der Waals surface area contributed by atoms with Crippen molar-refractivity contribution in [1.82, 2.24) is 0 Å². The standard InChI is InChI=1S/C10H22O4Si/c1-11-15(3,12-2)8-7-13-6-4-5-10-9-14-10/h10H,4-9H2,1-3H3. The Balaban J connectivity index is 1.90. The minimum absolute atomic E-state index is 0.520. The molecule has 0 bridgehead atoms. The second kappa shape index (κ2) is 6.60. The van der Waals surface area contributed by atoms with E-state index < -0.39 is 8.56 Å². The van der Waals surface area contributed by atoms with Crippen LogP contribution in [0.4, 0.5) is 0 Å². The zero-order chi connectivity index (χ0) is 11.1. The van der Waals surface area contributed by atoms with E-state index in [9.17, 15) is 0 Å². The molecule has 1 aliphatic rings. The predicted octanol–water partition coefficient (Wildman–Crippen LogP) is 1.55. The van der Waals surface area contributed by atoms with E-state index in [0.29, 0.717) is 6.10 Å². The van der Waals surface area contributed by atoms with Crippen LogP contribution in [0.3, 0.4) is 0 Å². The fraction of sp³-hybridized carbons (Fsp3) is 1.00. The Hall–Kier alpha value is 0.0569. The lowest BCUT2D eigenvalue weighted by molar-refractivity contribution is 0.130. The quantitative estimate of drug-likeness (QED) is 0.345. The predicted molar refractivity (Wildman–Crippen MR) is 60.2 cm³/mol. The molecule has 15 heavy (non-hydrogen) atoms. The Morgan fingerprint density at radius 2 is 1.93 bits per heavy atom. The zero-order valence-electron chi connectivity index (χ0n) is 9.95. The smallest absolute Gasteiger partial charge is 0.336 e. The highest BCUT2D eigenvalue weighted by molar-refractivity contribution is 6.65. The van der Waals surface area contributed by atoms with Crippen molar-refractivity contribution in [1.29, 1.82) is 0 Å². The van der Waals surface area contributed by atoms with Crippen LogP contribution in [-0.2, 0) is 18.3 Å². The van der Waals surface area contributed by atoms with Gasteiger partial charge < -0.3 is 18.3 Å². The van der Waals surface area contributed by atoms with Gasteiger partial charge in [-0.3, -0.25) is 0 Å². The van der Waals surface area contributed by atoms with Crippen LogP contribution in [-0.4, -0.2) is 48.7 Å². The van der Waals surface area contributed by atoms with Crippen LogP contribution < -0.4 is 0 Å². The van der Waals surface area contributed by atoms with Gasteiger partial charge in [0.2, 0.25) is 0 Å². The summed E-state index contributed by atoms with van der Waals surface area (Å²) in [4.78, 5) is 0. The van der Waals surface area contributed by atoms with Gasteiger partial charge >= 0.3 is 8.56 Å². The Labute approximate surface area is 93.1 Å². The summed E-state index contributed by atoms with van der Waals surface area (Å²) in [5.41, 5.74) is 0. The van der Waals surface area contributed by atoms with Crippen LogP contribution in [0.1, 0.15) is 12.8 Å². The molecule has 4 nitrogen and oxygen atoms in total. The van der Waals surface area contributed by atoms with Crippen LogP contribution in [0.15, 0.2) is 0 Å². The van der Waals surface area contributed by atoms with Gasteiger partial charge in [0.15, 0.2) is 0 Å². The molecule has 90 valence electrons. The van der Waals surface area contributed by atoms with E-state index in [2.05, 4.69) is 0 Å². The molecule has 1 unspecified atom stereocenters. The molecular weight excluding hydrogens is 212 g/mol. The van der Waals surface area contributed by atoms with Gasteiger partial charge in [-0.25, -0.2) is 0 Å². The van der Waals surface area contributed by atoms with Gasteiger partial charge in [-0.15, -0.1) is 0 Å². The maximum absolute atomic E-state index is 5.53. The molecule has 1 atom stereocenters. The van der Waals surface area contributed by atoms with Crippen LogP contribution in [0.5, 0.6) is 0 Å². The van der Waals surface area contributed by atoms with Crippen molar-refractivity contribution < 1.29 is 18.3 Å². The van der Waals surface area contributed by atoms with E-state index >= 15 is 0 Å². The summed E-state index contributed by atoms with van der Waals surface area (Å²) in [5.74, 6) is 0. The summed E-state index contributed by atoms with van der Waals surface area (Å²) in [7, 11) is 1.50. The van der Waals surface area contributed by atoms with Crippen molar-refractivity contribution in [2.24, 2.45) is 0 Å². The fourth-order valence-corrected chi connectivity index (χ4v) is 2.38. The molecule has 0 N–H and O–H groups in total. The normalized spacial score (nSPS) is 20.6. The monoisotopic (exact) mass is 234 g/mol. The summed E-state index contributed by atoms with van der Waals surface area (Å²) in [6.45, 7) is 4.54. The van der Waals surface area contributed by atoms with Crippen molar-refractivity contribution in [3.05, 3.63) is 0 Å². The summed E-state index contributed by atoms with van der Waals surface area (Å²) in [6.07, 6.45) is 2.73. The first-order valence-electron chi connectivity index (χ1n) is 5.50. The highest BCUT2D eigenvalue weighted by Crippen LogP contribution is 2.15. The average Bonchev–Trinajstić information content (AvgIpc) is 3.06. The molecule has 1 rings (SSSR count). The van der Waals surface area contributed by atoms with E-state index in [1.165, 1.54) is 0 Å². The van der Waals surface area contributed by atoms with Gasteiger partial charge in [0.25, 0.3) is 0 Å². The van der Waals surface area contributed by atoms with Gasteiger partial charge in [-0.05, 0) is 19.4 Å². The van der Waals surface area contributed by atoms with Gasteiger partial charge in [0, 0.05) is 33.5 Å². The molecule has 0 amide bonds. The van der Waals surface area contributed by atoms with Crippen LogP contribution >= 0.6 is 0 Å². The first-order chi connectivity index (χ1) is 7.20. The van der Waals surface area contributed by atoms with Crippen molar-refractivity contribution in [3.63, 3.8) is 0 Å².